The van der Waals surface area contributed by atoms with E-state index in [4.69, 9.17) is 9.84 Å². The van der Waals surface area contributed by atoms with Gasteiger partial charge in [0, 0.05) is 34.2 Å². The van der Waals surface area contributed by atoms with Crippen molar-refractivity contribution in [1.29, 1.82) is 0 Å². The number of benzene rings is 2. The van der Waals surface area contributed by atoms with Gasteiger partial charge in [-0.1, -0.05) is 42.5 Å². The van der Waals surface area contributed by atoms with Gasteiger partial charge in [-0.3, -0.25) is 9.69 Å². The molecule has 3 aromatic rings. The number of thiophene rings is 1. The fourth-order valence-corrected chi connectivity index (χ4v) is 6.36. The molecule has 1 aliphatic carbocycles. The van der Waals surface area contributed by atoms with Gasteiger partial charge in [-0.2, -0.15) is 0 Å². The van der Waals surface area contributed by atoms with Crippen LogP contribution in [-0.2, 0) is 29.8 Å². The molecule has 0 bridgehead atoms. The van der Waals surface area contributed by atoms with Crippen molar-refractivity contribution in [2.75, 3.05) is 13.1 Å². The monoisotopic (exact) mass is 491 g/mol. The van der Waals surface area contributed by atoms with E-state index in [1.165, 1.54) is 27.6 Å². The number of carbonyl (C=O) groups is 1. The molecule has 2 heterocycles. The molecule has 0 radical (unpaired) electrons. The Morgan fingerprint density at radius 1 is 1.17 bits per heavy atom. The average Bonchev–Trinajstić information content (AvgIpc) is 3.39. The number of piperidine rings is 1. The summed E-state index contributed by atoms with van der Waals surface area (Å²) in [7, 11) is 0. The molecule has 1 aromatic heterocycles. The first kappa shape index (κ1) is 23.8. The van der Waals surface area contributed by atoms with Gasteiger partial charge in [0.2, 0.25) is 0 Å². The molecule has 1 saturated heterocycles. The Morgan fingerprint density at radius 2 is 1.97 bits per heavy atom. The first-order valence-electron chi connectivity index (χ1n) is 12.1. The van der Waals surface area contributed by atoms with Crippen LogP contribution in [0.15, 0.2) is 54.6 Å². The molecule has 1 fully saturated rings. The Kier molecular flexibility index (Phi) is 6.76. The number of likely N-dealkylation sites (tertiary alicyclic amines) is 1. The summed E-state index contributed by atoms with van der Waals surface area (Å²) in [6.07, 6.45) is 7.09. The molecule has 182 valence electrons. The number of aliphatic carboxylic acids is 1. The number of rotatable bonds is 8. The SMILES string of the molecule is Cc1cc(COc2ccc(CCC(=O)O)c(F)c2)sc1CN1CCC2(C=Cc3ccccc32)CC1. The molecule has 0 atom stereocenters. The summed E-state index contributed by atoms with van der Waals surface area (Å²) in [4.78, 5) is 15.7. The minimum absolute atomic E-state index is 0.0869. The number of ether oxygens (including phenoxy) is 1. The van der Waals surface area contributed by atoms with Crippen molar-refractivity contribution in [3.05, 3.63) is 92.4 Å². The molecule has 2 aliphatic rings. The lowest BCUT2D eigenvalue weighted by Crippen LogP contribution is -2.40. The van der Waals surface area contributed by atoms with Gasteiger partial charge in [-0.25, -0.2) is 4.39 Å². The summed E-state index contributed by atoms with van der Waals surface area (Å²) in [5, 5.41) is 8.79. The van der Waals surface area contributed by atoms with E-state index in [0.29, 0.717) is 17.9 Å². The van der Waals surface area contributed by atoms with Crippen LogP contribution in [0.1, 0.15) is 51.3 Å². The highest BCUT2D eigenvalue weighted by Gasteiger charge is 2.37. The zero-order chi connectivity index (χ0) is 24.4. The van der Waals surface area contributed by atoms with E-state index < -0.39 is 11.8 Å². The molecule has 6 heteroatoms. The Hall–Kier alpha value is -2.96. The number of hydrogen-bond acceptors (Lipinski definition) is 4. The van der Waals surface area contributed by atoms with Gasteiger partial charge in [-0.05, 0) is 73.7 Å². The predicted molar refractivity (Wildman–Crippen MR) is 137 cm³/mol. The zero-order valence-corrected chi connectivity index (χ0v) is 20.7. The summed E-state index contributed by atoms with van der Waals surface area (Å²) < 4.78 is 20.1. The van der Waals surface area contributed by atoms with Gasteiger partial charge in [0.15, 0.2) is 0 Å². The fraction of sp³-hybridized carbons (Fsp3) is 0.345. The maximum Gasteiger partial charge on any atom is 0.303 e. The van der Waals surface area contributed by atoms with Crippen LogP contribution in [0.5, 0.6) is 5.75 Å². The molecule has 2 aromatic carbocycles. The number of fused-ring (bicyclic) bond motifs is 2. The molecule has 0 saturated carbocycles. The number of carboxylic acids is 1. The fourth-order valence-electron chi connectivity index (χ4n) is 5.22. The molecule has 1 spiro atoms. The number of carboxylic acid groups (broad SMARTS) is 1. The third-order valence-corrected chi connectivity index (χ3v) is 8.48. The van der Waals surface area contributed by atoms with Crippen LogP contribution in [0.25, 0.3) is 6.08 Å². The lowest BCUT2D eigenvalue weighted by Gasteiger charge is -2.39. The number of aryl methyl sites for hydroxylation is 2. The van der Waals surface area contributed by atoms with Crippen molar-refractivity contribution in [1.82, 2.24) is 4.90 Å². The summed E-state index contributed by atoms with van der Waals surface area (Å²) in [6.45, 7) is 5.65. The van der Waals surface area contributed by atoms with Crippen LogP contribution in [0, 0.1) is 12.7 Å². The number of halogens is 1. The minimum atomic E-state index is -0.932. The first-order valence-corrected chi connectivity index (χ1v) is 13.0. The topological polar surface area (TPSA) is 49.8 Å². The Morgan fingerprint density at radius 3 is 2.74 bits per heavy atom. The van der Waals surface area contributed by atoms with Crippen LogP contribution in [0.4, 0.5) is 4.39 Å². The van der Waals surface area contributed by atoms with Gasteiger partial charge in [-0.15, -0.1) is 11.3 Å². The molecule has 1 N–H and O–H groups in total. The minimum Gasteiger partial charge on any atom is -0.488 e. The van der Waals surface area contributed by atoms with Crippen molar-refractivity contribution in [2.24, 2.45) is 0 Å². The van der Waals surface area contributed by atoms with E-state index in [0.717, 1.165) is 37.4 Å². The van der Waals surface area contributed by atoms with Crippen LogP contribution in [0.3, 0.4) is 0 Å². The standard InChI is InChI=1S/C29H30FNO3S/c1-20-16-24(19-34-23-8-6-22(26(30)17-23)7-9-28(32)33)35-27(20)18-31-14-12-29(13-15-31)11-10-21-4-2-3-5-25(21)29/h2-6,8,10-11,16-17H,7,9,12-15,18-19H2,1H3,(H,32,33). The normalized spacial score (nSPS) is 16.5. The van der Waals surface area contributed by atoms with Gasteiger partial charge >= 0.3 is 5.97 Å². The van der Waals surface area contributed by atoms with Crippen LogP contribution < -0.4 is 4.74 Å². The zero-order valence-electron chi connectivity index (χ0n) is 19.9. The highest BCUT2D eigenvalue weighted by Crippen LogP contribution is 2.44. The average molecular weight is 492 g/mol. The van der Waals surface area contributed by atoms with E-state index in [9.17, 15) is 9.18 Å². The highest BCUT2D eigenvalue weighted by molar-refractivity contribution is 7.12. The van der Waals surface area contributed by atoms with Crippen LogP contribution in [-0.4, -0.2) is 29.1 Å². The van der Waals surface area contributed by atoms with E-state index in [-0.39, 0.29) is 18.3 Å². The van der Waals surface area contributed by atoms with Gasteiger partial charge in [0.1, 0.15) is 18.2 Å². The summed E-state index contributed by atoms with van der Waals surface area (Å²) >= 11 is 1.76. The number of allylic oxidation sites excluding steroid dienone is 1. The van der Waals surface area contributed by atoms with E-state index >= 15 is 0 Å². The number of nitrogens with zero attached hydrogens (tertiary/aromatic N) is 1. The van der Waals surface area contributed by atoms with E-state index in [1.807, 2.05) is 0 Å². The van der Waals surface area contributed by atoms with Crippen molar-refractivity contribution in [2.45, 2.75) is 51.2 Å². The van der Waals surface area contributed by atoms with Crippen molar-refractivity contribution in [3.63, 3.8) is 0 Å². The van der Waals surface area contributed by atoms with Gasteiger partial charge in [0.05, 0.1) is 0 Å². The van der Waals surface area contributed by atoms with Crippen LogP contribution in [0.2, 0.25) is 0 Å². The molecule has 0 amide bonds. The second-order valence-corrected chi connectivity index (χ2v) is 10.8. The Balaban J connectivity index is 1.15. The lowest BCUT2D eigenvalue weighted by atomic mass is 9.74. The van der Waals surface area contributed by atoms with Gasteiger partial charge in [0.25, 0.3) is 0 Å². The Bertz CT molecular complexity index is 1260. The predicted octanol–water partition coefficient (Wildman–Crippen LogP) is 6.35. The summed E-state index contributed by atoms with van der Waals surface area (Å²) in [6, 6.07) is 15.6. The second-order valence-electron chi connectivity index (χ2n) is 9.61. The van der Waals surface area contributed by atoms with Crippen LogP contribution >= 0.6 is 11.3 Å². The summed E-state index contributed by atoms with van der Waals surface area (Å²) in [5.41, 5.74) is 4.73. The third-order valence-electron chi connectivity index (χ3n) is 7.28. The van der Waals surface area contributed by atoms with E-state index in [1.54, 1.807) is 23.5 Å². The molecular weight excluding hydrogens is 461 g/mol. The van der Waals surface area contributed by atoms with Crippen molar-refractivity contribution in [3.8, 4) is 5.75 Å². The Labute approximate surface area is 209 Å². The molecule has 4 nitrogen and oxygen atoms in total. The molecule has 0 unspecified atom stereocenters. The highest BCUT2D eigenvalue weighted by atomic mass is 32.1. The second kappa shape index (κ2) is 9.96. The number of hydrogen-bond donors (Lipinski definition) is 1. The quantitative estimate of drug-likeness (QED) is 0.399. The van der Waals surface area contributed by atoms with Crippen molar-refractivity contribution >= 4 is 23.4 Å². The third kappa shape index (κ3) is 5.19. The maximum atomic E-state index is 14.3. The largest absolute Gasteiger partial charge is 0.488 e. The molecule has 5 rings (SSSR count). The van der Waals surface area contributed by atoms with Crippen molar-refractivity contribution < 1.29 is 19.0 Å². The molecule has 1 aliphatic heterocycles. The van der Waals surface area contributed by atoms with Gasteiger partial charge < -0.3 is 9.84 Å². The van der Waals surface area contributed by atoms with E-state index in [2.05, 4.69) is 54.3 Å². The molecular formula is C29H30FNO3S. The first-order chi connectivity index (χ1) is 16.9. The molecule has 35 heavy (non-hydrogen) atoms. The maximum absolute atomic E-state index is 14.3. The summed E-state index contributed by atoms with van der Waals surface area (Å²) in [5.74, 6) is -0.895. The lowest BCUT2D eigenvalue weighted by molar-refractivity contribution is -0.136. The smallest absolute Gasteiger partial charge is 0.303 e.